The Morgan fingerprint density at radius 2 is 2.20 bits per heavy atom. The second-order valence-electron chi connectivity index (χ2n) is 5.17. The van der Waals surface area contributed by atoms with Crippen LogP contribution in [0.3, 0.4) is 0 Å². The lowest BCUT2D eigenvalue weighted by atomic mass is 10.0. The highest BCUT2D eigenvalue weighted by Gasteiger charge is 2.26. The van der Waals surface area contributed by atoms with E-state index in [4.69, 9.17) is 5.26 Å². The zero-order valence-electron chi connectivity index (χ0n) is 11.5. The number of benzene rings is 1. The van der Waals surface area contributed by atoms with Gasteiger partial charge in [-0.25, -0.2) is 0 Å². The number of nitrogens with zero attached hydrogens (tertiary/aromatic N) is 1. The number of hydrogen-bond donors (Lipinski definition) is 1. The first-order valence-electron chi connectivity index (χ1n) is 6.68. The summed E-state index contributed by atoms with van der Waals surface area (Å²) in [6.07, 6.45) is 1.12. The van der Waals surface area contributed by atoms with Gasteiger partial charge in [0.25, 0.3) is 0 Å². The molecule has 2 nitrogen and oxygen atoms in total. The van der Waals surface area contributed by atoms with Gasteiger partial charge >= 0.3 is 0 Å². The number of nitriles is 1. The third kappa shape index (κ3) is 2.56. The number of thiophene rings is 1. The number of fused-ring (bicyclic) bond motifs is 1. The largest absolute Gasteiger partial charge is 0.378 e. The quantitative estimate of drug-likeness (QED) is 0.851. The maximum absolute atomic E-state index is 9.05. The number of hydrogen-bond acceptors (Lipinski definition) is 4. The van der Waals surface area contributed by atoms with Crippen molar-refractivity contribution in [3.8, 4) is 6.07 Å². The molecule has 1 aromatic carbocycles. The molecule has 0 aliphatic carbocycles. The van der Waals surface area contributed by atoms with Crippen LogP contribution in [0, 0.1) is 18.3 Å². The second-order valence-corrected chi connectivity index (χ2v) is 7.79. The Hall–Kier alpha value is -1.44. The third-order valence-electron chi connectivity index (χ3n) is 3.61. The molecule has 0 amide bonds. The maximum Gasteiger partial charge on any atom is 0.0992 e. The number of aryl methyl sites for hydroxylation is 1. The molecule has 0 radical (unpaired) electrons. The van der Waals surface area contributed by atoms with Crippen LogP contribution in [-0.4, -0.2) is 5.25 Å². The number of anilines is 1. The van der Waals surface area contributed by atoms with Gasteiger partial charge in [0, 0.05) is 10.9 Å². The van der Waals surface area contributed by atoms with E-state index in [0.29, 0.717) is 16.9 Å². The van der Waals surface area contributed by atoms with Gasteiger partial charge in [-0.15, -0.1) is 23.1 Å². The van der Waals surface area contributed by atoms with Crippen molar-refractivity contribution in [1.29, 1.82) is 5.26 Å². The average molecular weight is 300 g/mol. The van der Waals surface area contributed by atoms with Crippen LogP contribution in [0.4, 0.5) is 5.69 Å². The fourth-order valence-corrected chi connectivity index (χ4v) is 5.09. The van der Waals surface area contributed by atoms with Crippen molar-refractivity contribution in [2.45, 2.75) is 35.8 Å². The van der Waals surface area contributed by atoms with Crippen molar-refractivity contribution in [2.75, 3.05) is 5.32 Å². The van der Waals surface area contributed by atoms with E-state index >= 15 is 0 Å². The van der Waals surface area contributed by atoms with Gasteiger partial charge in [0.2, 0.25) is 0 Å². The second kappa shape index (κ2) is 5.51. The van der Waals surface area contributed by atoms with Crippen LogP contribution in [0.5, 0.6) is 0 Å². The van der Waals surface area contributed by atoms with Crippen molar-refractivity contribution < 1.29 is 0 Å². The summed E-state index contributed by atoms with van der Waals surface area (Å²) >= 11 is 3.80. The van der Waals surface area contributed by atoms with Gasteiger partial charge in [-0.1, -0.05) is 13.0 Å². The molecule has 102 valence electrons. The summed E-state index contributed by atoms with van der Waals surface area (Å²) in [4.78, 5) is 0. The first-order chi connectivity index (χ1) is 9.67. The fourth-order valence-electron chi connectivity index (χ4n) is 2.52. The Balaban J connectivity index is 1.91. The summed E-state index contributed by atoms with van der Waals surface area (Å²) in [6.45, 7) is 4.36. The topological polar surface area (TPSA) is 35.8 Å². The normalized spacial score (nSPS) is 21.1. The van der Waals surface area contributed by atoms with E-state index in [1.54, 1.807) is 0 Å². The Kier molecular flexibility index (Phi) is 3.73. The lowest BCUT2D eigenvalue weighted by molar-refractivity contribution is 0.669. The molecule has 3 rings (SSSR count). The van der Waals surface area contributed by atoms with Crippen LogP contribution < -0.4 is 5.32 Å². The molecule has 0 saturated heterocycles. The van der Waals surface area contributed by atoms with Crippen LogP contribution in [0.1, 0.15) is 36.1 Å². The molecule has 0 saturated carbocycles. The number of thioether (sulfide) groups is 1. The summed E-state index contributed by atoms with van der Waals surface area (Å²) in [5.74, 6) is 0. The molecule has 0 spiro atoms. The molecule has 1 aliphatic heterocycles. The van der Waals surface area contributed by atoms with Crippen molar-refractivity contribution in [1.82, 2.24) is 0 Å². The van der Waals surface area contributed by atoms with E-state index < -0.39 is 0 Å². The summed E-state index contributed by atoms with van der Waals surface area (Å²) in [6, 6.07) is 10.6. The SMILES string of the molecule is Cc1ccc(C#N)cc1NC1C[C@H](C)Sc2sccc21. The molecular weight excluding hydrogens is 284 g/mol. The molecule has 2 atom stereocenters. The first-order valence-corrected chi connectivity index (χ1v) is 8.44. The number of nitrogens with one attached hydrogen (secondary N) is 1. The molecule has 2 aromatic rings. The summed E-state index contributed by atoms with van der Waals surface area (Å²) in [5, 5.41) is 15.5. The predicted molar refractivity (Wildman–Crippen MR) is 86.5 cm³/mol. The predicted octanol–water partition coefficient (Wildman–Crippen LogP) is 4.97. The summed E-state index contributed by atoms with van der Waals surface area (Å²) < 4.78 is 1.43. The molecule has 4 heteroatoms. The lowest BCUT2D eigenvalue weighted by Crippen LogP contribution is -2.19. The number of rotatable bonds is 2. The molecular formula is C16H16N2S2. The molecule has 2 heterocycles. The zero-order valence-corrected chi connectivity index (χ0v) is 13.1. The van der Waals surface area contributed by atoms with Crippen molar-refractivity contribution in [2.24, 2.45) is 0 Å². The van der Waals surface area contributed by atoms with Gasteiger partial charge in [-0.05, 0) is 48.1 Å². The zero-order chi connectivity index (χ0) is 14.1. The van der Waals surface area contributed by atoms with Crippen LogP contribution >= 0.6 is 23.1 Å². The molecule has 1 unspecified atom stereocenters. The molecule has 0 fully saturated rings. The smallest absolute Gasteiger partial charge is 0.0992 e. The highest BCUT2D eigenvalue weighted by molar-refractivity contribution is 8.01. The molecule has 0 bridgehead atoms. The van der Waals surface area contributed by atoms with Gasteiger partial charge in [0.15, 0.2) is 0 Å². The Morgan fingerprint density at radius 3 is 3.00 bits per heavy atom. The van der Waals surface area contributed by atoms with Gasteiger partial charge < -0.3 is 5.32 Å². The minimum Gasteiger partial charge on any atom is -0.378 e. The highest BCUT2D eigenvalue weighted by atomic mass is 32.2. The average Bonchev–Trinajstić information content (AvgIpc) is 2.89. The summed E-state index contributed by atoms with van der Waals surface area (Å²) in [5.41, 5.74) is 4.37. The Labute approximate surface area is 127 Å². The van der Waals surface area contributed by atoms with E-state index in [1.165, 1.54) is 15.3 Å². The molecule has 1 aliphatic rings. The minimum atomic E-state index is 0.347. The molecule has 1 aromatic heterocycles. The van der Waals surface area contributed by atoms with Crippen molar-refractivity contribution in [3.05, 3.63) is 46.3 Å². The Morgan fingerprint density at radius 1 is 1.35 bits per heavy atom. The van der Waals surface area contributed by atoms with Gasteiger partial charge in [-0.2, -0.15) is 5.26 Å². The van der Waals surface area contributed by atoms with Crippen LogP contribution in [0.2, 0.25) is 0 Å². The highest BCUT2D eigenvalue weighted by Crippen LogP contribution is 2.45. The van der Waals surface area contributed by atoms with Gasteiger partial charge in [-0.3, -0.25) is 0 Å². The van der Waals surface area contributed by atoms with Gasteiger partial charge in [0.1, 0.15) is 0 Å². The standard InChI is InChI=1S/C16H16N2S2/c1-10-3-4-12(9-17)8-14(10)18-15-7-11(2)20-16-13(15)5-6-19-16/h3-6,8,11,15,18H,7H2,1-2H3/t11-,15?/m0/s1. The minimum absolute atomic E-state index is 0.347. The van der Waals surface area contributed by atoms with E-state index in [-0.39, 0.29) is 0 Å². The third-order valence-corrected chi connectivity index (χ3v) is 5.95. The van der Waals surface area contributed by atoms with Crippen LogP contribution in [-0.2, 0) is 0 Å². The van der Waals surface area contributed by atoms with Crippen molar-refractivity contribution >= 4 is 28.8 Å². The van der Waals surface area contributed by atoms with E-state index in [0.717, 1.165) is 12.1 Å². The van der Waals surface area contributed by atoms with Crippen molar-refractivity contribution in [3.63, 3.8) is 0 Å². The van der Waals surface area contributed by atoms with Crippen LogP contribution in [0.15, 0.2) is 33.9 Å². The monoisotopic (exact) mass is 300 g/mol. The van der Waals surface area contributed by atoms with Crippen LogP contribution in [0.25, 0.3) is 0 Å². The lowest BCUT2D eigenvalue weighted by Gasteiger charge is -2.29. The molecule has 20 heavy (non-hydrogen) atoms. The fraction of sp³-hybridized carbons (Fsp3) is 0.312. The molecule has 1 N–H and O–H groups in total. The van der Waals surface area contributed by atoms with E-state index in [9.17, 15) is 0 Å². The first kappa shape index (κ1) is 13.5. The maximum atomic E-state index is 9.05. The van der Waals surface area contributed by atoms with E-state index in [2.05, 4.69) is 36.7 Å². The Bertz CT molecular complexity index is 669. The summed E-state index contributed by atoms with van der Waals surface area (Å²) in [7, 11) is 0. The van der Waals surface area contributed by atoms with E-state index in [1.807, 2.05) is 41.3 Å². The van der Waals surface area contributed by atoms with Gasteiger partial charge in [0.05, 0.1) is 21.9 Å².